The van der Waals surface area contributed by atoms with Crippen LogP contribution in [0.5, 0.6) is 5.75 Å². The van der Waals surface area contributed by atoms with Crippen molar-refractivity contribution in [2.45, 2.75) is 13.8 Å². The van der Waals surface area contributed by atoms with Gasteiger partial charge in [-0.1, -0.05) is 18.2 Å². The molecule has 0 bridgehead atoms. The van der Waals surface area contributed by atoms with Gasteiger partial charge in [-0.3, -0.25) is 9.59 Å². The number of imide groups is 1. The van der Waals surface area contributed by atoms with Crippen LogP contribution < -0.4 is 15.0 Å². The Labute approximate surface area is 173 Å². The van der Waals surface area contributed by atoms with Crippen molar-refractivity contribution < 1.29 is 14.3 Å². The van der Waals surface area contributed by atoms with Crippen LogP contribution in [-0.4, -0.2) is 18.9 Å². The van der Waals surface area contributed by atoms with Crippen LogP contribution in [0.4, 0.5) is 11.4 Å². The summed E-state index contributed by atoms with van der Waals surface area (Å²) in [7, 11) is 1.55. The molecule has 146 valence electrons. The number of carbonyl (C=O) groups is 2. The number of anilines is 2. The molecule has 2 aromatic carbocycles. The predicted octanol–water partition coefficient (Wildman–Crippen LogP) is 4.77. The zero-order valence-electron chi connectivity index (χ0n) is 16.4. The first-order valence-corrected chi connectivity index (χ1v) is 10.0. The van der Waals surface area contributed by atoms with Crippen LogP contribution in [0.1, 0.15) is 16.0 Å². The Hall–Kier alpha value is -3.38. The molecule has 2 amide bonds. The molecule has 29 heavy (non-hydrogen) atoms. The highest BCUT2D eigenvalue weighted by atomic mass is 32.1. The van der Waals surface area contributed by atoms with Gasteiger partial charge in [0.15, 0.2) is 0 Å². The molecule has 2 heterocycles. The van der Waals surface area contributed by atoms with Gasteiger partial charge in [0.1, 0.15) is 11.4 Å². The number of nitrogens with one attached hydrogen (secondary N) is 1. The Kier molecular flexibility index (Phi) is 4.94. The summed E-state index contributed by atoms with van der Waals surface area (Å²) in [6, 6.07) is 16.6. The fraction of sp³-hybridized carbons (Fsp3) is 0.130. The molecule has 0 saturated carbocycles. The standard InChI is InChI=1S/C23H20N2O3S/c1-14-10-15(2)12-16(11-14)24-21-20(19-8-5-9-29-19)22(26)25(23(21)27)17-6-4-7-18(13-17)28-3/h4-13,24H,1-3H3. The van der Waals surface area contributed by atoms with Crippen molar-refractivity contribution in [2.75, 3.05) is 17.3 Å². The smallest absolute Gasteiger partial charge is 0.282 e. The maximum atomic E-state index is 13.3. The molecule has 3 aromatic rings. The molecule has 0 saturated heterocycles. The second-order valence-electron chi connectivity index (χ2n) is 6.88. The number of amides is 2. The molecule has 5 nitrogen and oxygen atoms in total. The molecule has 1 aliphatic heterocycles. The van der Waals surface area contributed by atoms with E-state index in [-0.39, 0.29) is 17.5 Å². The minimum atomic E-state index is -0.384. The fourth-order valence-corrected chi connectivity index (χ4v) is 4.24. The largest absolute Gasteiger partial charge is 0.497 e. The quantitative estimate of drug-likeness (QED) is 0.623. The van der Waals surface area contributed by atoms with Gasteiger partial charge in [-0.05, 0) is 60.7 Å². The summed E-state index contributed by atoms with van der Waals surface area (Å²) in [5.74, 6) is -0.153. The fourth-order valence-electron chi connectivity index (χ4n) is 3.47. The summed E-state index contributed by atoms with van der Waals surface area (Å²) in [5.41, 5.74) is 4.07. The van der Waals surface area contributed by atoms with E-state index in [0.717, 1.165) is 21.7 Å². The minimum Gasteiger partial charge on any atom is -0.497 e. The van der Waals surface area contributed by atoms with Crippen LogP contribution in [0.3, 0.4) is 0 Å². The summed E-state index contributed by atoms with van der Waals surface area (Å²) < 4.78 is 5.26. The molecule has 0 atom stereocenters. The molecule has 0 spiro atoms. The lowest BCUT2D eigenvalue weighted by Crippen LogP contribution is -2.32. The number of hydrogen-bond acceptors (Lipinski definition) is 5. The van der Waals surface area contributed by atoms with Crippen LogP contribution in [0.25, 0.3) is 5.57 Å². The van der Waals surface area contributed by atoms with Crippen molar-refractivity contribution in [3.05, 3.63) is 81.7 Å². The molecule has 0 radical (unpaired) electrons. The molecular formula is C23H20N2O3S. The molecule has 1 aliphatic rings. The summed E-state index contributed by atoms with van der Waals surface area (Å²) in [6.45, 7) is 3.99. The molecule has 1 aromatic heterocycles. The lowest BCUT2D eigenvalue weighted by Gasteiger charge is -2.16. The van der Waals surface area contributed by atoms with Gasteiger partial charge in [0.2, 0.25) is 0 Å². The Morgan fingerprint density at radius 3 is 2.34 bits per heavy atom. The van der Waals surface area contributed by atoms with E-state index in [1.165, 1.54) is 16.2 Å². The maximum absolute atomic E-state index is 13.3. The average molecular weight is 404 g/mol. The molecule has 0 aliphatic carbocycles. The third-order valence-electron chi connectivity index (χ3n) is 4.65. The maximum Gasteiger partial charge on any atom is 0.282 e. The summed E-state index contributed by atoms with van der Waals surface area (Å²) in [6.07, 6.45) is 0. The number of ether oxygens (including phenoxy) is 1. The van der Waals surface area contributed by atoms with Crippen LogP contribution in [0.2, 0.25) is 0 Å². The Bertz CT molecular complexity index is 1110. The van der Waals surface area contributed by atoms with Gasteiger partial charge >= 0.3 is 0 Å². The third kappa shape index (κ3) is 3.54. The van der Waals surface area contributed by atoms with E-state index in [4.69, 9.17) is 4.74 Å². The van der Waals surface area contributed by atoms with Crippen LogP contribution in [0.15, 0.2) is 65.7 Å². The molecule has 6 heteroatoms. The first-order chi connectivity index (χ1) is 14.0. The highest BCUT2D eigenvalue weighted by molar-refractivity contribution is 7.11. The number of methoxy groups -OCH3 is 1. The van der Waals surface area contributed by atoms with E-state index in [1.54, 1.807) is 31.4 Å². The Balaban J connectivity index is 1.80. The van der Waals surface area contributed by atoms with Gasteiger partial charge in [-0.15, -0.1) is 11.3 Å². The van der Waals surface area contributed by atoms with Crippen LogP contribution in [0, 0.1) is 13.8 Å². The van der Waals surface area contributed by atoms with Gasteiger partial charge < -0.3 is 10.1 Å². The zero-order valence-corrected chi connectivity index (χ0v) is 17.2. The van der Waals surface area contributed by atoms with Gasteiger partial charge in [0.25, 0.3) is 11.8 Å². The number of thiophene rings is 1. The van der Waals surface area contributed by atoms with Gasteiger partial charge in [-0.2, -0.15) is 0 Å². The Morgan fingerprint density at radius 1 is 0.931 bits per heavy atom. The minimum absolute atomic E-state index is 0.283. The Morgan fingerprint density at radius 2 is 1.69 bits per heavy atom. The van der Waals surface area contributed by atoms with Gasteiger partial charge in [0, 0.05) is 16.6 Å². The normalized spacial score (nSPS) is 14.0. The molecule has 0 fully saturated rings. The van der Waals surface area contributed by atoms with Crippen LogP contribution >= 0.6 is 11.3 Å². The number of carbonyl (C=O) groups excluding carboxylic acids is 2. The topological polar surface area (TPSA) is 58.6 Å². The molecule has 4 rings (SSSR count). The summed E-state index contributed by atoms with van der Waals surface area (Å²) in [4.78, 5) is 28.6. The van der Waals surface area contributed by atoms with Crippen LogP contribution in [-0.2, 0) is 9.59 Å². The predicted molar refractivity (Wildman–Crippen MR) is 116 cm³/mol. The van der Waals surface area contributed by atoms with Crippen molar-refractivity contribution in [2.24, 2.45) is 0 Å². The summed E-state index contributed by atoms with van der Waals surface area (Å²) in [5, 5.41) is 5.10. The number of benzene rings is 2. The van der Waals surface area contributed by atoms with E-state index in [0.29, 0.717) is 17.0 Å². The highest BCUT2D eigenvalue weighted by Crippen LogP contribution is 2.36. The van der Waals surface area contributed by atoms with Gasteiger partial charge in [0.05, 0.1) is 18.4 Å². The highest BCUT2D eigenvalue weighted by Gasteiger charge is 2.40. The van der Waals surface area contributed by atoms with Crippen molar-refractivity contribution >= 4 is 40.1 Å². The third-order valence-corrected chi connectivity index (χ3v) is 5.54. The zero-order chi connectivity index (χ0) is 20.5. The SMILES string of the molecule is COc1cccc(N2C(=O)C(Nc3cc(C)cc(C)c3)=C(c3cccs3)C2=O)c1. The van der Waals surface area contributed by atoms with E-state index in [2.05, 4.69) is 11.4 Å². The van der Waals surface area contributed by atoms with E-state index in [9.17, 15) is 9.59 Å². The van der Waals surface area contributed by atoms with E-state index in [1.807, 2.05) is 43.5 Å². The lowest BCUT2D eigenvalue weighted by atomic mass is 10.1. The van der Waals surface area contributed by atoms with E-state index >= 15 is 0 Å². The first kappa shape index (κ1) is 19.0. The van der Waals surface area contributed by atoms with Crippen molar-refractivity contribution in [3.8, 4) is 5.75 Å². The first-order valence-electron chi connectivity index (χ1n) is 9.14. The average Bonchev–Trinajstić information content (AvgIpc) is 3.28. The number of rotatable bonds is 5. The second kappa shape index (κ2) is 7.56. The van der Waals surface area contributed by atoms with Crippen molar-refractivity contribution in [3.63, 3.8) is 0 Å². The molecule has 0 unspecified atom stereocenters. The summed E-state index contributed by atoms with van der Waals surface area (Å²) >= 11 is 1.43. The number of nitrogens with zero attached hydrogens (tertiary/aromatic N) is 1. The molecule has 1 N–H and O–H groups in total. The molecular weight excluding hydrogens is 384 g/mol. The lowest BCUT2D eigenvalue weighted by molar-refractivity contribution is -0.120. The second-order valence-corrected chi connectivity index (χ2v) is 7.82. The van der Waals surface area contributed by atoms with Crippen molar-refractivity contribution in [1.29, 1.82) is 0 Å². The van der Waals surface area contributed by atoms with Crippen molar-refractivity contribution in [1.82, 2.24) is 0 Å². The van der Waals surface area contributed by atoms with E-state index < -0.39 is 0 Å². The monoisotopic (exact) mass is 404 g/mol. The van der Waals surface area contributed by atoms with Gasteiger partial charge in [-0.25, -0.2) is 4.90 Å². The number of aryl methyl sites for hydroxylation is 2. The number of hydrogen-bond donors (Lipinski definition) is 1.